The number of amides is 1. The molecule has 0 aliphatic heterocycles. The molecule has 2 N–H and O–H groups in total. The Labute approximate surface area is 141 Å². The monoisotopic (exact) mass is 367 g/mol. The maximum atomic E-state index is 12.5. The van der Waals surface area contributed by atoms with Gasteiger partial charge in [0.15, 0.2) is 6.61 Å². The Hall–Kier alpha value is -3.21. The van der Waals surface area contributed by atoms with Gasteiger partial charge in [-0.1, -0.05) is 0 Å². The van der Waals surface area contributed by atoms with Gasteiger partial charge >= 0.3 is 5.97 Å². The topological polar surface area (TPSA) is 145 Å². The Balaban J connectivity index is 2.38. The summed E-state index contributed by atoms with van der Waals surface area (Å²) in [7, 11) is -4.32. The zero-order chi connectivity index (χ0) is 18.6. The molecule has 0 aliphatic carbocycles. The van der Waals surface area contributed by atoms with E-state index in [0.717, 1.165) is 12.1 Å². The van der Waals surface area contributed by atoms with Crippen LogP contribution in [-0.2, 0) is 19.6 Å². The summed E-state index contributed by atoms with van der Waals surface area (Å²) in [6, 6.07) is 7.05. The summed E-state index contributed by atoms with van der Waals surface area (Å²) < 4.78 is 30.0. The van der Waals surface area contributed by atoms with Gasteiger partial charge in [-0.3, -0.25) is 9.59 Å². The minimum absolute atomic E-state index is 0.206. The van der Waals surface area contributed by atoms with Crippen molar-refractivity contribution in [1.29, 1.82) is 0 Å². The highest BCUT2D eigenvalue weighted by Crippen LogP contribution is 2.16. The number of ether oxygens (including phenoxy) is 1. The maximum absolute atomic E-state index is 12.5. The highest BCUT2D eigenvalue weighted by Gasteiger charge is 2.20. The molecule has 11 heteroatoms. The molecule has 0 bridgehead atoms. The Kier molecular flexibility index (Phi) is 5.17. The van der Waals surface area contributed by atoms with Gasteiger partial charge in [0.2, 0.25) is 11.8 Å². The number of carbonyl (C=O) groups is 2. The van der Waals surface area contributed by atoms with Crippen molar-refractivity contribution in [2.24, 2.45) is 0 Å². The number of hydrogen-bond acceptors (Lipinski definition) is 7. The molecule has 0 fully saturated rings. The van der Waals surface area contributed by atoms with Crippen LogP contribution in [0, 0.1) is 0 Å². The summed E-state index contributed by atoms with van der Waals surface area (Å²) in [6.45, 7) is 0.563. The van der Waals surface area contributed by atoms with E-state index in [9.17, 15) is 22.8 Å². The maximum Gasteiger partial charge on any atom is 0.341 e. The largest absolute Gasteiger partial charge is 0.479 e. The van der Waals surface area contributed by atoms with Crippen LogP contribution in [0.2, 0.25) is 0 Å². The second-order valence-corrected chi connectivity index (χ2v) is 6.51. The average Bonchev–Trinajstić information content (AvgIpc) is 2.53. The molecule has 10 nitrogen and oxygen atoms in total. The molecule has 1 aromatic heterocycles. The molecule has 0 spiro atoms. The van der Waals surface area contributed by atoms with Crippen LogP contribution < -0.4 is 15.6 Å². The molecule has 1 heterocycles. The number of aliphatic carboxylic acids is 1. The summed E-state index contributed by atoms with van der Waals surface area (Å²) in [5.74, 6) is -1.94. The molecule has 25 heavy (non-hydrogen) atoms. The van der Waals surface area contributed by atoms with Gasteiger partial charge in [0.1, 0.15) is 0 Å². The third kappa shape index (κ3) is 4.41. The fourth-order valence-electron chi connectivity index (χ4n) is 1.78. The Bertz CT molecular complexity index is 965. The lowest BCUT2D eigenvalue weighted by molar-refractivity contribution is -0.139. The van der Waals surface area contributed by atoms with E-state index >= 15 is 0 Å². The molecule has 1 amide bonds. The minimum atomic E-state index is -4.32. The van der Waals surface area contributed by atoms with Crippen molar-refractivity contribution in [3.63, 3.8) is 0 Å². The van der Waals surface area contributed by atoms with Crippen molar-refractivity contribution in [3.8, 4) is 5.88 Å². The first-order valence-electron chi connectivity index (χ1n) is 6.78. The van der Waals surface area contributed by atoms with Crippen LogP contribution in [0.3, 0.4) is 0 Å². The summed E-state index contributed by atoms with van der Waals surface area (Å²) in [4.78, 5) is 33.0. The first-order chi connectivity index (χ1) is 11.7. The average molecular weight is 367 g/mol. The van der Waals surface area contributed by atoms with Crippen LogP contribution in [-0.4, -0.2) is 41.2 Å². The molecule has 1 aromatic carbocycles. The molecule has 0 unspecified atom stereocenters. The van der Waals surface area contributed by atoms with Crippen LogP contribution in [0.4, 0.5) is 5.69 Å². The smallest absolute Gasteiger partial charge is 0.341 e. The van der Waals surface area contributed by atoms with E-state index in [1.165, 1.54) is 31.2 Å². The lowest BCUT2D eigenvalue weighted by Gasteiger charge is -2.09. The van der Waals surface area contributed by atoms with Crippen LogP contribution in [0.1, 0.15) is 6.92 Å². The molecular formula is C14H13N3O7S. The SMILES string of the molecule is CC(=O)Nc1ccc(S(=O)(=O)n2nc(OCC(=O)O)ccc2=O)cc1. The summed E-state index contributed by atoms with van der Waals surface area (Å²) >= 11 is 0. The van der Waals surface area contributed by atoms with Gasteiger partial charge in [-0.2, -0.15) is 8.42 Å². The van der Waals surface area contributed by atoms with E-state index in [0.29, 0.717) is 5.69 Å². The molecule has 2 rings (SSSR count). The van der Waals surface area contributed by atoms with Crippen molar-refractivity contribution in [1.82, 2.24) is 9.19 Å². The third-order valence-corrected chi connectivity index (χ3v) is 4.37. The quantitative estimate of drug-likeness (QED) is 0.720. The normalized spacial score (nSPS) is 10.9. The number of nitrogens with zero attached hydrogens (tertiary/aromatic N) is 2. The van der Waals surface area contributed by atoms with Crippen LogP contribution in [0.25, 0.3) is 0 Å². The second kappa shape index (κ2) is 7.13. The number of carboxylic acid groups (broad SMARTS) is 1. The molecule has 0 aliphatic rings. The van der Waals surface area contributed by atoms with Gasteiger partial charge < -0.3 is 15.2 Å². The zero-order valence-electron chi connectivity index (χ0n) is 12.9. The van der Waals surface area contributed by atoms with E-state index in [4.69, 9.17) is 9.84 Å². The van der Waals surface area contributed by atoms with E-state index in [1.807, 2.05) is 0 Å². The summed E-state index contributed by atoms with van der Waals surface area (Å²) in [5, 5.41) is 14.6. The highest BCUT2D eigenvalue weighted by atomic mass is 32.2. The molecule has 132 valence electrons. The highest BCUT2D eigenvalue weighted by molar-refractivity contribution is 7.89. The lowest BCUT2D eigenvalue weighted by atomic mass is 10.3. The van der Waals surface area contributed by atoms with Crippen molar-refractivity contribution in [2.45, 2.75) is 11.8 Å². The fourth-order valence-corrected chi connectivity index (χ4v) is 2.94. The Morgan fingerprint density at radius 1 is 1.20 bits per heavy atom. The van der Waals surface area contributed by atoms with Crippen molar-refractivity contribution in [2.75, 3.05) is 11.9 Å². The fraction of sp³-hybridized carbons (Fsp3) is 0.143. The Morgan fingerprint density at radius 3 is 2.40 bits per heavy atom. The van der Waals surface area contributed by atoms with Crippen molar-refractivity contribution in [3.05, 3.63) is 46.8 Å². The first kappa shape index (κ1) is 18.1. The Morgan fingerprint density at radius 2 is 1.84 bits per heavy atom. The van der Waals surface area contributed by atoms with Gasteiger partial charge in [-0.05, 0) is 24.3 Å². The predicted octanol–water partition coefficient (Wildman–Crippen LogP) is -0.0979. The van der Waals surface area contributed by atoms with Gasteiger partial charge in [0.25, 0.3) is 15.6 Å². The van der Waals surface area contributed by atoms with Crippen LogP contribution >= 0.6 is 0 Å². The molecule has 0 saturated heterocycles. The number of nitrogens with one attached hydrogen (secondary N) is 1. The number of anilines is 1. The number of carbonyl (C=O) groups excluding carboxylic acids is 1. The van der Waals surface area contributed by atoms with Crippen molar-refractivity contribution < 1.29 is 27.9 Å². The van der Waals surface area contributed by atoms with Crippen LogP contribution in [0.15, 0.2) is 46.1 Å². The molecular weight excluding hydrogens is 354 g/mol. The summed E-state index contributed by atoms with van der Waals surface area (Å²) in [6.07, 6.45) is 0. The van der Waals surface area contributed by atoms with Gasteiger partial charge in [-0.15, -0.1) is 9.19 Å². The van der Waals surface area contributed by atoms with E-state index < -0.39 is 28.2 Å². The molecule has 0 radical (unpaired) electrons. The van der Waals surface area contributed by atoms with E-state index in [1.54, 1.807) is 0 Å². The van der Waals surface area contributed by atoms with Gasteiger partial charge in [0.05, 0.1) is 4.90 Å². The summed E-state index contributed by atoms with van der Waals surface area (Å²) in [5.41, 5.74) is -0.557. The number of rotatable bonds is 6. The number of hydrogen-bond donors (Lipinski definition) is 2. The van der Waals surface area contributed by atoms with Gasteiger partial charge in [0, 0.05) is 24.7 Å². The number of benzene rings is 1. The van der Waals surface area contributed by atoms with Crippen LogP contribution in [0.5, 0.6) is 5.88 Å². The third-order valence-electron chi connectivity index (χ3n) is 2.79. The van der Waals surface area contributed by atoms with Gasteiger partial charge in [-0.25, -0.2) is 4.79 Å². The standard InChI is InChI=1S/C14H13N3O7S/c1-9(18)15-10-2-4-11(5-3-10)25(22,23)17-13(19)7-6-12(16-17)24-8-14(20)21/h2-7H,8H2,1H3,(H,15,18)(H,20,21). The second-order valence-electron chi connectivity index (χ2n) is 4.75. The first-order valence-corrected chi connectivity index (χ1v) is 8.22. The van der Waals surface area contributed by atoms with E-state index in [-0.39, 0.29) is 20.8 Å². The predicted molar refractivity (Wildman–Crippen MR) is 85.0 cm³/mol. The molecule has 2 aromatic rings. The van der Waals surface area contributed by atoms with Crippen molar-refractivity contribution >= 4 is 27.6 Å². The molecule has 0 saturated carbocycles. The lowest BCUT2D eigenvalue weighted by Crippen LogP contribution is -2.29. The molecule has 0 atom stereocenters. The van der Waals surface area contributed by atoms with E-state index in [2.05, 4.69) is 10.4 Å². The minimum Gasteiger partial charge on any atom is -0.479 e. The number of carboxylic acids is 1. The zero-order valence-corrected chi connectivity index (χ0v) is 13.7. The number of aromatic nitrogens is 2.